The minimum atomic E-state index is -0.786. The molecule has 11 heteroatoms. The highest BCUT2D eigenvalue weighted by Gasteiger charge is 2.36. The van der Waals surface area contributed by atoms with Gasteiger partial charge in [0.25, 0.3) is 0 Å². The van der Waals surface area contributed by atoms with Crippen LogP contribution in [0.25, 0.3) is 22.2 Å². The van der Waals surface area contributed by atoms with Crippen LogP contribution in [0.3, 0.4) is 0 Å². The molecule has 3 amide bonds. The van der Waals surface area contributed by atoms with Gasteiger partial charge in [0.1, 0.15) is 23.1 Å². The number of rotatable bonds is 4. The predicted molar refractivity (Wildman–Crippen MR) is 163 cm³/mol. The molecule has 2 saturated heterocycles. The monoisotopic (exact) mass is 591 g/mol. The van der Waals surface area contributed by atoms with E-state index in [1.54, 1.807) is 25.7 Å². The summed E-state index contributed by atoms with van der Waals surface area (Å²) in [5.41, 5.74) is 3.02. The minimum absolute atomic E-state index is 0.103. The van der Waals surface area contributed by atoms with Gasteiger partial charge in [0.2, 0.25) is 5.91 Å². The number of amides is 3. The van der Waals surface area contributed by atoms with E-state index in [0.717, 1.165) is 40.8 Å². The molecule has 0 radical (unpaired) electrons. The molecule has 0 unspecified atom stereocenters. The molecule has 3 aromatic rings. The first kappa shape index (κ1) is 30.3. The summed E-state index contributed by atoms with van der Waals surface area (Å²) in [6, 6.07) is 12.6. The van der Waals surface area contributed by atoms with E-state index in [1.807, 2.05) is 63.2 Å². The zero-order chi connectivity index (χ0) is 30.9. The lowest BCUT2D eigenvalue weighted by molar-refractivity contribution is -0.127. The van der Waals surface area contributed by atoms with Crippen LogP contribution >= 0.6 is 0 Å². The molecule has 43 heavy (non-hydrogen) atoms. The van der Waals surface area contributed by atoms with Crippen molar-refractivity contribution in [3.05, 3.63) is 48.3 Å². The highest BCUT2D eigenvalue weighted by Crippen LogP contribution is 2.34. The third-order valence-electron chi connectivity index (χ3n) is 7.24. The van der Waals surface area contributed by atoms with Gasteiger partial charge in [-0.05, 0) is 89.8 Å². The first-order valence-corrected chi connectivity index (χ1v) is 14.8. The Morgan fingerprint density at radius 1 is 0.907 bits per heavy atom. The summed E-state index contributed by atoms with van der Waals surface area (Å²) < 4.78 is 16.6. The fourth-order valence-electron chi connectivity index (χ4n) is 5.29. The first-order valence-electron chi connectivity index (χ1n) is 14.8. The number of aromatic amines is 1. The summed E-state index contributed by atoms with van der Waals surface area (Å²) >= 11 is 0. The molecule has 11 nitrogen and oxygen atoms in total. The van der Waals surface area contributed by atoms with E-state index in [2.05, 4.69) is 10.3 Å². The van der Waals surface area contributed by atoms with Gasteiger partial charge >= 0.3 is 12.2 Å². The van der Waals surface area contributed by atoms with Crippen molar-refractivity contribution in [1.29, 1.82) is 0 Å². The van der Waals surface area contributed by atoms with E-state index in [-0.39, 0.29) is 31.2 Å². The zero-order valence-corrected chi connectivity index (χ0v) is 25.7. The number of imidazole rings is 1. The average molecular weight is 592 g/mol. The van der Waals surface area contributed by atoms with Crippen molar-refractivity contribution < 1.29 is 28.6 Å². The van der Waals surface area contributed by atoms with Gasteiger partial charge in [-0.3, -0.25) is 14.6 Å². The number of anilines is 1. The Balaban J connectivity index is 1.27. The van der Waals surface area contributed by atoms with Crippen molar-refractivity contribution in [2.75, 3.05) is 31.6 Å². The number of likely N-dealkylation sites (tertiary alicyclic amines) is 1. The molecular weight excluding hydrogens is 550 g/mol. The number of ether oxygens (including phenoxy) is 3. The molecule has 230 valence electrons. The van der Waals surface area contributed by atoms with Crippen LogP contribution in [0.15, 0.2) is 42.5 Å². The topological polar surface area (TPSA) is 126 Å². The van der Waals surface area contributed by atoms with Crippen molar-refractivity contribution in [2.24, 2.45) is 0 Å². The number of nitrogens with one attached hydrogen (secondary N) is 2. The van der Waals surface area contributed by atoms with Gasteiger partial charge in [-0.2, -0.15) is 0 Å². The van der Waals surface area contributed by atoms with Crippen molar-refractivity contribution in [3.63, 3.8) is 0 Å². The second-order valence-corrected chi connectivity index (χ2v) is 13.0. The smallest absolute Gasteiger partial charge is 0.411 e. The Labute approximate surface area is 251 Å². The third-order valence-corrected chi connectivity index (χ3v) is 7.24. The Morgan fingerprint density at radius 2 is 1.56 bits per heavy atom. The van der Waals surface area contributed by atoms with Crippen LogP contribution in [0.1, 0.15) is 66.3 Å². The maximum absolute atomic E-state index is 13.1. The van der Waals surface area contributed by atoms with Gasteiger partial charge in [0.05, 0.1) is 30.3 Å². The standard InChI is InChI=1S/C32H41N5O6/c1-31(2,3)42-29(39)36-15-7-8-25(36)27-34-23-14-11-21(18-24(23)35-27)20-9-12-22(13-10-20)33-28(38)26-19-41-17-16-37(26)30(40)43-32(4,5)6/h9-14,18,25-26H,7-8,15-17,19H2,1-6H3,(H,33,38)(H,34,35)/t25-,26-/m0/s1. The van der Waals surface area contributed by atoms with Gasteiger partial charge in [-0.15, -0.1) is 0 Å². The van der Waals surface area contributed by atoms with Gasteiger partial charge in [-0.25, -0.2) is 14.6 Å². The van der Waals surface area contributed by atoms with Crippen LogP contribution in [0.2, 0.25) is 0 Å². The Bertz CT molecular complexity index is 1490. The van der Waals surface area contributed by atoms with E-state index < -0.39 is 23.3 Å². The molecule has 0 bridgehead atoms. The van der Waals surface area contributed by atoms with E-state index in [4.69, 9.17) is 19.2 Å². The zero-order valence-electron chi connectivity index (χ0n) is 25.7. The number of fused-ring (bicyclic) bond motifs is 1. The van der Waals surface area contributed by atoms with Crippen LogP contribution in [-0.2, 0) is 19.0 Å². The summed E-state index contributed by atoms with van der Waals surface area (Å²) in [4.78, 5) is 50.0. The number of carbonyl (C=O) groups excluding carboxylic acids is 3. The highest BCUT2D eigenvalue weighted by molar-refractivity contribution is 5.97. The third kappa shape index (κ3) is 7.27. The molecule has 2 aliphatic heterocycles. The molecule has 2 aliphatic rings. The number of carbonyl (C=O) groups is 3. The Kier molecular flexibility index (Phi) is 8.38. The van der Waals surface area contributed by atoms with Gasteiger partial charge in [0, 0.05) is 18.8 Å². The lowest BCUT2D eigenvalue weighted by Crippen LogP contribution is -2.55. The lowest BCUT2D eigenvalue weighted by Gasteiger charge is -2.35. The number of H-pyrrole nitrogens is 1. The van der Waals surface area contributed by atoms with Crippen molar-refractivity contribution in [2.45, 2.75) is 77.7 Å². The number of hydrogen-bond acceptors (Lipinski definition) is 7. The van der Waals surface area contributed by atoms with E-state index >= 15 is 0 Å². The number of hydrogen-bond donors (Lipinski definition) is 2. The van der Waals surface area contributed by atoms with Crippen molar-refractivity contribution in [1.82, 2.24) is 19.8 Å². The molecule has 0 saturated carbocycles. The molecule has 3 heterocycles. The minimum Gasteiger partial charge on any atom is -0.444 e. The van der Waals surface area contributed by atoms with Crippen molar-refractivity contribution in [3.8, 4) is 11.1 Å². The maximum atomic E-state index is 13.1. The second kappa shape index (κ2) is 11.9. The highest BCUT2D eigenvalue weighted by atomic mass is 16.6. The fraction of sp³-hybridized carbons (Fsp3) is 0.500. The van der Waals surface area contributed by atoms with Crippen LogP contribution in [0.5, 0.6) is 0 Å². The number of nitrogens with zero attached hydrogens (tertiary/aromatic N) is 3. The second-order valence-electron chi connectivity index (χ2n) is 13.0. The number of benzene rings is 2. The molecular formula is C32H41N5O6. The normalized spacial score (nSPS) is 19.4. The largest absolute Gasteiger partial charge is 0.444 e. The summed E-state index contributed by atoms with van der Waals surface area (Å²) in [6.07, 6.45) is 0.856. The molecule has 0 spiro atoms. The quantitative estimate of drug-likeness (QED) is 0.388. The molecule has 2 atom stereocenters. The Hall–Kier alpha value is -4.12. The summed E-state index contributed by atoms with van der Waals surface area (Å²) in [5.74, 6) is 0.415. The number of morpholine rings is 1. The molecule has 0 aliphatic carbocycles. The van der Waals surface area contributed by atoms with Gasteiger partial charge in [-0.1, -0.05) is 18.2 Å². The van der Waals surface area contributed by atoms with Crippen LogP contribution < -0.4 is 5.32 Å². The van der Waals surface area contributed by atoms with Crippen LogP contribution in [0.4, 0.5) is 15.3 Å². The van der Waals surface area contributed by atoms with Crippen LogP contribution in [-0.4, -0.2) is 81.4 Å². The summed E-state index contributed by atoms with van der Waals surface area (Å²) in [6.45, 7) is 12.3. The predicted octanol–water partition coefficient (Wildman–Crippen LogP) is 5.88. The number of aromatic nitrogens is 2. The molecule has 2 N–H and O–H groups in total. The lowest BCUT2D eigenvalue weighted by atomic mass is 10.0. The molecule has 2 fully saturated rings. The molecule has 2 aromatic carbocycles. The summed E-state index contributed by atoms with van der Waals surface area (Å²) in [7, 11) is 0. The van der Waals surface area contributed by atoms with E-state index in [0.29, 0.717) is 18.8 Å². The van der Waals surface area contributed by atoms with Crippen LogP contribution in [0, 0.1) is 0 Å². The Morgan fingerprint density at radius 3 is 2.23 bits per heavy atom. The maximum Gasteiger partial charge on any atom is 0.411 e. The fourth-order valence-corrected chi connectivity index (χ4v) is 5.29. The summed E-state index contributed by atoms with van der Waals surface area (Å²) in [5, 5.41) is 2.90. The van der Waals surface area contributed by atoms with E-state index in [1.165, 1.54) is 4.90 Å². The SMILES string of the molecule is CC(C)(C)OC(=O)N1CCOC[C@H]1C(=O)Nc1ccc(-c2ccc3nc([C@@H]4CCCN4C(=O)OC(C)(C)C)[nH]c3c2)cc1. The van der Waals surface area contributed by atoms with Crippen molar-refractivity contribution >= 4 is 34.8 Å². The average Bonchev–Trinajstić information content (AvgIpc) is 3.58. The molecule has 5 rings (SSSR count). The van der Waals surface area contributed by atoms with Gasteiger partial charge in [0.15, 0.2) is 0 Å². The first-order chi connectivity index (χ1) is 20.3. The van der Waals surface area contributed by atoms with E-state index in [9.17, 15) is 14.4 Å². The van der Waals surface area contributed by atoms with Gasteiger partial charge < -0.3 is 24.5 Å². The molecule has 1 aromatic heterocycles.